The van der Waals surface area contributed by atoms with Crippen LogP contribution in [0, 0.1) is 5.92 Å². The summed E-state index contributed by atoms with van der Waals surface area (Å²) in [5.41, 5.74) is 0. The molecule has 6 nitrogen and oxygen atoms in total. The van der Waals surface area contributed by atoms with Crippen LogP contribution in [0.1, 0.15) is 46.5 Å². The fourth-order valence-electron chi connectivity index (χ4n) is 2.31. The lowest BCUT2D eigenvalue weighted by Crippen LogP contribution is -2.46. The predicted molar refractivity (Wildman–Crippen MR) is 84.5 cm³/mol. The predicted octanol–water partition coefficient (Wildman–Crippen LogP) is 0.599. The van der Waals surface area contributed by atoms with Crippen molar-refractivity contribution in [1.29, 1.82) is 0 Å². The minimum absolute atomic E-state index is 0.0620. The standard InChI is InChI=1S/C14H29N3O3S/c1-11(2)10-16-14(18)12(3)17-21(19,20)9-7-13-6-4-5-8-15-13/h11-13,15,17H,4-10H2,1-3H3,(H,16,18). The van der Waals surface area contributed by atoms with E-state index in [1.807, 2.05) is 13.8 Å². The SMILES string of the molecule is CC(C)CNC(=O)C(C)NS(=O)(=O)CCC1CCCCN1. The van der Waals surface area contributed by atoms with Gasteiger partial charge >= 0.3 is 0 Å². The molecule has 0 aliphatic carbocycles. The lowest BCUT2D eigenvalue weighted by atomic mass is 10.0. The van der Waals surface area contributed by atoms with Gasteiger partial charge in [-0.15, -0.1) is 0 Å². The second kappa shape index (κ2) is 8.70. The van der Waals surface area contributed by atoms with E-state index in [-0.39, 0.29) is 17.7 Å². The van der Waals surface area contributed by atoms with Gasteiger partial charge in [-0.3, -0.25) is 4.79 Å². The smallest absolute Gasteiger partial charge is 0.237 e. The molecule has 3 N–H and O–H groups in total. The zero-order valence-corrected chi connectivity index (χ0v) is 14.1. The quantitative estimate of drug-likeness (QED) is 0.611. The number of amides is 1. The summed E-state index contributed by atoms with van der Waals surface area (Å²) in [4.78, 5) is 11.8. The Balaban J connectivity index is 2.34. The number of hydrogen-bond acceptors (Lipinski definition) is 4. The molecule has 1 rings (SSSR count). The number of carbonyl (C=O) groups excluding carboxylic acids is 1. The maximum atomic E-state index is 12.0. The molecule has 0 saturated carbocycles. The molecule has 124 valence electrons. The summed E-state index contributed by atoms with van der Waals surface area (Å²) >= 11 is 0. The number of rotatable bonds is 8. The van der Waals surface area contributed by atoms with Gasteiger partial charge in [0.1, 0.15) is 0 Å². The van der Waals surface area contributed by atoms with Gasteiger partial charge in [-0.05, 0) is 38.6 Å². The van der Waals surface area contributed by atoms with E-state index in [4.69, 9.17) is 0 Å². The summed E-state index contributed by atoms with van der Waals surface area (Å²) in [5.74, 6) is 0.130. The van der Waals surface area contributed by atoms with Crippen LogP contribution in [-0.2, 0) is 14.8 Å². The summed E-state index contributed by atoms with van der Waals surface area (Å²) in [6.07, 6.45) is 3.93. The summed E-state index contributed by atoms with van der Waals surface area (Å²) in [5, 5.41) is 6.06. The van der Waals surface area contributed by atoms with Crippen molar-refractivity contribution in [3.05, 3.63) is 0 Å². The van der Waals surface area contributed by atoms with Gasteiger partial charge in [-0.25, -0.2) is 13.1 Å². The van der Waals surface area contributed by atoms with E-state index in [2.05, 4.69) is 15.4 Å². The van der Waals surface area contributed by atoms with E-state index in [0.717, 1.165) is 25.8 Å². The summed E-state index contributed by atoms with van der Waals surface area (Å²) in [6.45, 7) is 7.08. The largest absolute Gasteiger partial charge is 0.354 e. The Morgan fingerprint density at radius 1 is 1.29 bits per heavy atom. The maximum Gasteiger partial charge on any atom is 0.237 e. The Bertz CT molecular complexity index is 417. The van der Waals surface area contributed by atoms with Crippen LogP contribution < -0.4 is 15.4 Å². The van der Waals surface area contributed by atoms with Crippen LogP contribution >= 0.6 is 0 Å². The average Bonchev–Trinajstić information content (AvgIpc) is 2.43. The molecule has 1 saturated heterocycles. The Labute approximate surface area is 128 Å². The van der Waals surface area contributed by atoms with E-state index in [9.17, 15) is 13.2 Å². The molecule has 1 fully saturated rings. The van der Waals surface area contributed by atoms with Crippen molar-refractivity contribution in [2.45, 2.75) is 58.5 Å². The van der Waals surface area contributed by atoms with Crippen LogP contribution in [0.2, 0.25) is 0 Å². The van der Waals surface area contributed by atoms with Gasteiger partial charge in [-0.1, -0.05) is 20.3 Å². The van der Waals surface area contributed by atoms with Crippen molar-refractivity contribution in [2.24, 2.45) is 5.92 Å². The second-order valence-corrected chi connectivity index (χ2v) is 8.11. The van der Waals surface area contributed by atoms with E-state index in [0.29, 0.717) is 18.9 Å². The van der Waals surface area contributed by atoms with Crippen molar-refractivity contribution >= 4 is 15.9 Å². The Morgan fingerprint density at radius 2 is 2.00 bits per heavy atom. The Morgan fingerprint density at radius 3 is 2.57 bits per heavy atom. The first-order valence-electron chi connectivity index (χ1n) is 7.81. The van der Waals surface area contributed by atoms with Crippen LogP contribution in [0.5, 0.6) is 0 Å². The van der Waals surface area contributed by atoms with E-state index < -0.39 is 16.1 Å². The van der Waals surface area contributed by atoms with Crippen LogP contribution in [0.25, 0.3) is 0 Å². The van der Waals surface area contributed by atoms with Gasteiger partial charge in [-0.2, -0.15) is 0 Å². The fraction of sp³-hybridized carbons (Fsp3) is 0.929. The minimum atomic E-state index is -3.41. The van der Waals surface area contributed by atoms with Gasteiger partial charge < -0.3 is 10.6 Å². The van der Waals surface area contributed by atoms with Crippen molar-refractivity contribution in [2.75, 3.05) is 18.8 Å². The molecule has 1 heterocycles. The van der Waals surface area contributed by atoms with Crippen molar-refractivity contribution in [1.82, 2.24) is 15.4 Å². The lowest BCUT2D eigenvalue weighted by Gasteiger charge is -2.23. The first-order chi connectivity index (χ1) is 9.80. The summed E-state index contributed by atoms with van der Waals surface area (Å²) < 4.78 is 26.5. The molecule has 1 aliphatic rings. The number of sulfonamides is 1. The molecular formula is C14H29N3O3S. The summed E-state index contributed by atoms with van der Waals surface area (Å²) in [7, 11) is -3.41. The van der Waals surface area contributed by atoms with Crippen LogP contribution in [0.3, 0.4) is 0 Å². The maximum absolute atomic E-state index is 12.0. The van der Waals surface area contributed by atoms with Crippen molar-refractivity contribution < 1.29 is 13.2 Å². The zero-order chi connectivity index (χ0) is 15.9. The van der Waals surface area contributed by atoms with Gasteiger partial charge in [0.2, 0.25) is 15.9 Å². The second-order valence-electron chi connectivity index (χ2n) is 6.23. The summed E-state index contributed by atoms with van der Waals surface area (Å²) in [6, 6.07) is -0.450. The third kappa shape index (κ3) is 7.78. The highest BCUT2D eigenvalue weighted by Crippen LogP contribution is 2.10. The highest BCUT2D eigenvalue weighted by Gasteiger charge is 2.22. The molecule has 0 aromatic rings. The first-order valence-corrected chi connectivity index (χ1v) is 9.46. The normalized spacial score (nSPS) is 21.2. The van der Waals surface area contributed by atoms with E-state index in [1.165, 1.54) is 0 Å². The molecule has 0 radical (unpaired) electrons. The third-order valence-electron chi connectivity index (χ3n) is 3.58. The van der Waals surface area contributed by atoms with Crippen LogP contribution in [-0.4, -0.2) is 45.3 Å². The van der Waals surface area contributed by atoms with Gasteiger partial charge in [0, 0.05) is 12.6 Å². The van der Waals surface area contributed by atoms with Crippen molar-refractivity contribution in [3.8, 4) is 0 Å². The fourth-order valence-corrected chi connectivity index (χ4v) is 3.67. The van der Waals surface area contributed by atoms with E-state index in [1.54, 1.807) is 6.92 Å². The molecule has 0 bridgehead atoms. The molecule has 0 aromatic carbocycles. The average molecular weight is 319 g/mol. The highest BCUT2D eigenvalue weighted by molar-refractivity contribution is 7.89. The number of hydrogen-bond donors (Lipinski definition) is 3. The molecule has 7 heteroatoms. The molecule has 2 atom stereocenters. The first kappa shape index (κ1) is 18.4. The monoisotopic (exact) mass is 319 g/mol. The Kier molecular flexibility index (Phi) is 7.62. The van der Waals surface area contributed by atoms with Gasteiger partial charge in [0.25, 0.3) is 0 Å². The number of carbonyl (C=O) groups is 1. The van der Waals surface area contributed by atoms with Crippen LogP contribution in [0.4, 0.5) is 0 Å². The lowest BCUT2D eigenvalue weighted by molar-refractivity contribution is -0.122. The highest BCUT2D eigenvalue weighted by atomic mass is 32.2. The minimum Gasteiger partial charge on any atom is -0.354 e. The molecular weight excluding hydrogens is 290 g/mol. The molecule has 0 aromatic heterocycles. The van der Waals surface area contributed by atoms with E-state index >= 15 is 0 Å². The molecule has 2 unspecified atom stereocenters. The third-order valence-corrected chi connectivity index (χ3v) is 5.07. The van der Waals surface area contributed by atoms with Gasteiger partial charge in [0.15, 0.2) is 0 Å². The van der Waals surface area contributed by atoms with Gasteiger partial charge in [0.05, 0.1) is 11.8 Å². The van der Waals surface area contributed by atoms with Crippen molar-refractivity contribution in [3.63, 3.8) is 0 Å². The number of nitrogens with one attached hydrogen (secondary N) is 3. The zero-order valence-electron chi connectivity index (χ0n) is 13.3. The molecule has 0 spiro atoms. The molecule has 21 heavy (non-hydrogen) atoms. The molecule has 1 amide bonds. The molecule has 1 aliphatic heterocycles. The number of piperidine rings is 1. The topological polar surface area (TPSA) is 87.3 Å². The Hall–Kier alpha value is -0.660. The van der Waals surface area contributed by atoms with Crippen LogP contribution in [0.15, 0.2) is 0 Å².